The number of hydrogen-bond acceptors (Lipinski definition) is 0. The maximum atomic E-state index is 3.94. The Morgan fingerprint density at radius 1 is 1.40 bits per heavy atom. The Kier molecular flexibility index (Phi) is 4.42. The Morgan fingerprint density at radius 2 is 1.90 bits per heavy atom. The zero-order chi connectivity index (χ0) is 8.15. The second kappa shape index (κ2) is 4.54. The second-order valence-corrected chi connectivity index (χ2v) is 3.50. The minimum atomic E-state index is 0.704. The lowest BCUT2D eigenvalue weighted by Crippen LogP contribution is -2.02. The van der Waals surface area contributed by atoms with Crippen LogP contribution >= 0.6 is 0 Å². The molecule has 0 spiro atoms. The van der Waals surface area contributed by atoms with Crippen LogP contribution in [0.5, 0.6) is 0 Å². The summed E-state index contributed by atoms with van der Waals surface area (Å²) in [4.78, 5) is 0. The fraction of sp³-hybridized carbons (Fsp3) is 0.800. The maximum absolute atomic E-state index is 3.94. The molecule has 0 saturated carbocycles. The topological polar surface area (TPSA) is 0 Å². The van der Waals surface area contributed by atoms with E-state index in [0.29, 0.717) is 5.92 Å². The normalized spacial score (nSPS) is 16.4. The van der Waals surface area contributed by atoms with E-state index in [1.165, 1.54) is 18.4 Å². The Bertz CT molecular complexity index is 103. The molecule has 0 fully saturated rings. The quantitative estimate of drug-likeness (QED) is 0.523. The summed E-state index contributed by atoms with van der Waals surface area (Å²) in [5.74, 6) is 1.56. The molecule has 2 atom stereocenters. The summed E-state index contributed by atoms with van der Waals surface area (Å²) in [5, 5.41) is 0. The molecule has 0 aromatic rings. The molecular formula is C10H20. The largest absolute Gasteiger partial charge is 0.0999 e. The Hall–Kier alpha value is -0.260. The summed E-state index contributed by atoms with van der Waals surface area (Å²) < 4.78 is 0. The van der Waals surface area contributed by atoms with Crippen LogP contribution in [0.25, 0.3) is 0 Å². The lowest BCUT2D eigenvalue weighted by Gasteiger charge is -2.15. The van der Waals surface area contributed by atoms with E-state index < -0.39 is 0 Å². The number of allylic oxidation sites excluding steroid dienone is 1. The van der Waals surface area contributed by atoms with Gasteiger partial charge in [0, 0.05) is 0 Å². The Balaban J connectivity index is 3.56. The molecule has 0 amide bonds. The SMILES string of the molecule is C=C(C)C(C)CC(C)CC. The molecule has 0 rings (SSSR count). The van der Waals surface area contributed by atoms with Gasteiger partial charge in [0.2, 0.25) is 0 Å². The van der Waals surface area contributed by atoms with Crippen LogP contribution in [-0.2, 0) is 0 Å². The average molecular weight is 140 g/mol. The molecule has 0 aromatic heterocycles. The third-order valence-corrected chi connectivity index (χ3v) is 2.29. The van der Waals surface area contributed by atoms with E-state index in [4.69, 9.17) is 0 Å². The summed E-state index contributed by atoms with van der Waals surface area (Å²) in [6.07, 6.45) is 2.59. The summed E-state index contributed by atoms with van der Waals surface area (Å²) in [7, 11) is 0. The molecule has 0 aliphatic heterocycles. The van der Waals surface area contributed by atoms with Gasteiger partial charge in [0.1, 0.15) is 0 Å². The lowest BCUT2D eigenvalue weighted by molar-refractivity contribution is 0.443. The van der Waals surface area contributed by atoms with Crippen LogP contribution in [0.15, 0.2) is 12.2 Å². The molecule has 0 saturated heterocycles. The predicted octanol–water partition coefficient (Wildman–Crippen LogP) is 3.63. The summed E-state index contributed by atoms with van der Waals surface area (Å²) in [5.41, 5.74) is 1.32. The smallest absolute Gasteiger partial charge is 0.0235 e. The lowest BCUT2D eigenvalue weighted by atomic mass is 9.91. The van der Waals surface area contributed by atoms with Crippen LogP contribution < -0.4 is 0 Å². The first-order valence-electron chi connectivity index (χ1n) is 4.23. The zero-order valence-corrected chi connectivity index (χ0v) is 7.78. The van der Waals surface area contributed by atoms with Crippen molar-refractivity contribution in [1.29, 1.82) is 0 Å². The van der Waals surface area contributed by atoms with Gasteiger partial charge < -0.3 is 0 Å². The standard InChI is InChI=1S/C10H20/c1-6-9(4)7-10(5)8(2)3/h9-10H,2,6-7H2,1,3-5H3. The van der Waals surface area contributed by atoms with E-state index in [1.807, 2.05) is 0 Å². The molecule has 0 radical (unpaired) electrons. The summed E-state index contributed by atoms with van der Waals surface area (Å²) in [6.45, 7) is 12.9. The monoisotopic (exact) mass is 140 g/mol. The number of hydrogen-bond donors (Lipinski definition) is 0. The van der Waals surface area contributed by atoms with Crippen molar-refractivity contribution in [3.63, 3.8) is 0 Å². The fourth-order valence-electron chi connectivity index (χ4n) is 0.971. The highest BCUT2D eigenvalue weighted by atomic mass is 14.1. The van der Waals surface area contributed by atoms with Crippen LogP contribution in [0.3, 0.4) is 0 Å². The fourth-order valence-corrected chi connectivity index (χ4v) is 0.971. The minimum absolute atomic E-state index is 0.704. The number of rotatable bonds is 4. The predicted molar refractivity (Wildman–Crippen MR) is 48.1 cm³/mol. The highest BCUT2D eigenvalue weighted by Gasteiger charge is 2.06. The van der Waals surface area contributed by atoms with Gasteiger partial charge in [-0.15, -0.1) is 0 Å². The molecule has 0 aliphatic rings. The van der Waals surface area contributed by atoms with Crippen molar-refractivity contribution in [2.75, 3.05) is 0 Å². The minimum Gasteiger partial charge on any atom is -0.0999 e. The van der Waals surface area contributed by atoms with Gasteiger partial charge in [-0.1, -0.05) is 39.3 Å². The molecule has 0 aromatic carbocycles. The molecule has 0 heterocycles. The van der Waals surface area contributed by atoms with Crippen molar-refractivity contribution in [2.24, 2.45) is 11.8 Å². The zero-order valence-electron chi connectivity index (χ0n) is 7.78. The van der Waals surface area contributed by atoms with Crippen molar-refractivity contribution >= 4 is 0 Å². The molecule has 0 nitrogen and oxygen atoms in total. The second-order valence-electron chi connectivity index (χ2n) is 3.50. The Morgan fingerprint density at radius 3 is 2.20 bits per heavy atom. The van der Waals surface area contributed by atoms with Crippen LogP contribution in [0.4, 0.5) is 0 Å². The third-order valence-electron chi connectivity index (χ3n) is 2.29. The Labute approximate surface area is 65.3 Å². The highest BCUT2D eigenvalue weighted by Crippen LogP contribution is 2.19. The van der Waals surface area contributed by atoms with E-state index >= 15 is 0 Å². The van der Waals surface area contributed by atoms with Crippen LogP contribution in [-0.4, -0.2) is 0 Å². The molecular weight excluding hydrogens is 120 g/mol. The van der Waals surface area contributed by atoms with Crippen molar-refractivity contribution in [3.05, 3.63) is 12.2 Å². The molecule has 10 heavy (non-hydrogen) atoms. The van der Waals surface area contributed by atoms with Gasteiger partial charge in [-0.2, -0.15) is 0 Å². The van der Waals surface area contributed by atoms with Crippen LogP contribution in [0.2, 0.25) is 0 Å². The van der Waals surface area contributed by atoms with Gasteiger partial charge >= 0.3 is 0 Å². The first-order chi connectivity index (χ1) is 4.57. The van der Waals surface area contributed by atoms with Gasteiger partial charge in [-0.3, -0.25) is 0 Å². The van der Waals surface area contributed by atoms with Gasteiger partial charge in [-0.05, 0) is 25.2 Å². The van der Waals surface area contributed by atoms with Crippen molar-refractivity contribution in [3.8, 4) is 0 Å². The molecule has 0 heteroatoms. The highest BCUT2D eigenvalue weighted by molar-refractivity contribution is 4.93. The molecule has 0 N–H and O–H groups in total. The molecule has 0 bridgehead atoms. The van der Waals surface area contributed by atoms with Gasteiger partial charge in [0.05, 0.1) is 0 Å². The molecule has 2 unspecified atom stereocenters. The first-order valence-corrected chi connectivity index (χ1v) is 4.23. The van der Waals surface area contributed by atoms with Crippen LogP contribution in [0, 0.1) is 11.8 Å². The van der Waals surface area contributed by atoms with Crippen molar-refractivity contribution in [2.45, 2.75) is 40.5 Å². The molecule has 0 aliphatic carbocycles. The van der Waals surface area contributed by atoms with E-state index in [2.05, 4.69) is 34.3 Å². The van der Waals surface area contributed by atoms with Crippen molar-refractivity contribution < 1.29 is 0 Å². The third kappa shape index (κ3) is 3.71. The van der Waals surface area contributed by atoms with E-state index in [9.17, 15) is 0 Å². The van der Waals surface area contributed by atoms with E-state index in [1.54, 1.807) is 0 Å². The van der Waals surface area contributed by atoms with Gasteiger partial charge in [0.15, 0.2) is 0 Å². The van der Waals surface area contributed by atoms with E-state index in [-0.39, 0.29) is 0 Å². The van der Waals surface area contributed by atoms with Crippen molar-refractivity contribution in [1.82, 2.24) is 0 Å². The summed E-state index contributed by atoms with van der Waals surface area (Å²) >= 11 is 0. The van der Waals surface area contributed by atoms with Gasteiger partial charge in [0.25, 0.3) is 0 Å². The van der Waals surface area contributed by atoms with E-state index in [0.717, 1.165) is 5.92 Å². The van der Waals surface area contributed by atoms with Crippen LogP contribution in [0.1, 0.15) is 40.5 Å². The van der Waals surface area contributed by atoms with Gasteiger partial charge in [-0.25, -0.2) is 0 Å². The summed E-state index contributed by atoms with van der Waals surface area (Å²) in [6, 6.07) is 0. The first kappa shape index (κ1) is 9.74. The molecule has 60 valence electrons. The maximum Gasteiger partial charge on any atom is -0.0235 e. The average Bonchev–Trinajstić information content (AvgIpc) is 1.87.